The van der Waals surface area contributed by atoms with Crippen LogP contribution in [-0.4, -0.2) is 69.9 Å². The molecule has 0 amide bonds. The Morgan fingerprint density at radius 2 is 2.22 bits per heavy atom. The average Bonchev–Trinajstić information content (AvgIpc) is 3.12. The van der Waals surface area contributed by atoms with E-state index in [0.717, 1.165) is 44.4 Å². The second-order valence-electron chi connectivity index (χ2n) is 7.19. The van der Waals surface area contributed by atoms with E-state index in [4.69, 9.17) is 9.47 Å². The van der Waals surface area contributed by atoms with Crippen molar-refractivity contribution in [3.63, 3.8) is 0 Å². The minimum atomic E-state index is 0. The first kappa shape index (κ1) is 22.2. The molecule has 2 saturated heterocycles. The minimum Gasteiger partial charge on any atom is -0.496 e. The summed E-state index contributed by atoms with van der Waals surface area (Å²) in [4.78, 5) is 6.89. The summed E-state index contributed by atoms with van der Waals surface area (Å²) in [6.45, 7) is 6.80. The molecular formula is C20H33IN4O2. The number of nitrogens with one attached hydrogen (secondary N) is 2. The lowest BCUT2D eigenvalue weighted by atomic mass is 10.1. The van der Waals surface area contributed by atoms with E-state index < -0.39 is 0 Å². The lowest BCUT2D eigenvalue weighted by molar-refractivity contribution is -0.0453. The lowest BCUT2D eigenvalue weighted by Gasteiger charge is -2.35. The van der Waals surface area contributed by atoms with Gasteiger partial charge in [-0.15, -0.1) is 24.0 Å². The molecule has 6 nitrogen and oxygen atoms in total. The largest absolute Gasteiger partial charge is 0.496 e. The van der Waals surface area contributed by atoms with Crippen LogP contribution in [0.2, 0.25) is 0 Å². The van der Waals surface area contributed by atoms with E-state index in [1.54, 1.807) is 14.2 Å². The predicted octanol–water partition coefficient (Wildman–Crippen LogP) is 2.19. The quantitative estimate of drug-likeness (QED) is 0.366. The van der Waals surface area contributed by atoms with E-state index in [0.29, 0.717) is 6.04 Å². The highest BCUT2D eigenvalue weighted by molar-refractivity contribution is 14.0. The first-order chi connectivity index (χ1) is 12.7. The van der Waals surface area contributed by atoms with Gasteiger partial charge in [-0.3, -0.25) is 9.89 Å². The maximum Gasteiger partial charge on any atom is 0.191 e. The molecule has 7 heteroatoms. The van der Waals surface area contributed by atoms with Crippen LogP contribution in [0, 0.1) is 6.92 Å². The molecule has 0 saturated carbocycles. The molecule has 0 aromatic heterocycles. The van der Waals surface area contributed by atoms with Gasteiger partial charge in [0.1, 0.15) is 5.75 Å². The first-order valence-corrected chi connectivity index (χ1v) is 9.63. The van der Waals surface area contributed by atoms with E-state index in [2.05, 4.69) is 39.6 Å². The summed E-state index contributed by atoms with van der Waals surface area (Å²) in [6, 6.07) is 6.93. The summed E-state index contributed by atoms with van der Waals surface area (Å²) in [7, 11) is 3.53. The standard InChI is InChI=1S/C20H32N4O2.HI/c1-15-6-7-19(25-3)16(11-15)8-9-22-20(21-2)23-12-18-13-24-10-4-5-17(24)14-26-18;/h6-7,11,17-18H,4-5,8-10,12-14H2,1-3H3,(H2,21,22,23);1H. The molecule has 2 heterocycles. The van der Waals surface area contributed by atoms with Crippen LogP contribution in [0.4, 0.5) is 0 Å². The Morgan fingerprint density at radius 3 is 3.00 bits per heavy atom. The number of hydrogen-bond acceptors (Lipinski definition) is 4. The Labute approximate surface area is 180 Å². The highest BCUT2D eigenvalue weighted by atomic mass is 127. The second-order valence-corrected chi connectivity index (χ2v) is 7.19. The third-order valence-corrected chi connectivity index (χ3v) is 5.31. The Bertz CT molecular complexity index is 626. The number of fused-ring (bicyclic) bond motifs is 1. The SMILES string of the molecule is CN=C(NCCc1cc(C)ccc1OC)NCC1CN2CCCC2CO1.I. The van der Waals surface area contributed by atoms with Crippen molar-refractivity contribution in [1.29, 1.82) is 0 Å². The molecule has 152 valence electrons. The number of ether oxygens (including phenoxy) is 2. The fraction of sp³-hybridized carbons (Fsp3) is 0.650. The molecule has 0 spiro atoms. The van der Waals surface area contributed by atoms with Crippen LogP contribution in [0.3, 0.4) is 0 Å². The fourth-order valence-electron chi connectivity index (χ4n) is 3.86. The van der Waals surface area contributed by atoms with Gasteiger partial charge in [-0.05, 0) is 44.4 Å². The molecule has 1 aromatic carbocycles. The Morgan fingerprint density at radius 1 is 1.37 bits per heavy atom. The van der Waals surface area contributed by atoms with Gasteiger partial charge in [0, 0.05) is 32.7 Å². The number of benzene rings is 1. The van der Waals surface area contributed by atoms with Gasteiger partial charge in [-0.1, -0.05) is 17.7 Å². The summed E-state index contributed by atoms with van der Waals surface area (Å²) in [6.07, 6.45) is 3.71. The zero-order valence-corrected chi connectivity index (χ0v) is 19.0. The lowest BCUT2D eigenvalue weighted by Crippen LogP contribution is -2.51. The minimum absolute atomic E-state index is 0. The van der Waals surface area contributed by atoms with Crippen LogP contribution in [0.15, 0.2) is 23.2 Å². The molecule has 2 N–H and O–H groups in total. The Kier molecular flexibility index (Phi) is 9.11. The van der Waals surface area contributed by atoms with Gasteiger partial charge in [-0.25, -0.2) is 0 Å². The number of aryl methyl sites for hydroxylation is 1. The molecule has 2 fully saturated rings. The summed E-state index contributed by atoms with van der Waals surface area (Å²) in [5.74, 6) is 1.76. The zero-order valence-electron chi connectivity index (χ0n) is 16.7. The van der Waals surface area contributed by atoms with Crippen molar-refractivity contribution in [2.45, 2.75) is 38.3 Å². The van der Waals surface area contributed by atoms with E-state index in [9.17, 15) is 0 Å². The van der Waals surface area contributed by atoms with Gasteiger partial charge in [0.05, 0.1) is 19.8 Å². The molecular weight excluding hydrogens is 455 g/mol. The number of morpholine rings is 1. The molecule has 2 aliphatic rings. The molecule has 2 aliphatic heterocycles. The van der Waals surface area contributed by atoms with Crippen molar-refractivity contribution in [2.75, 3.05) is 46.9 Å². The number of guanidine groups is 1. The van der Waals surface area contributed by atoms with Gasteiger partial charge >= 0.3 is 0 Å². The molecule has 0 radical (unpaired) electrons. The van der Waals surface area contributed by atoms with Gasteiger partial charge in [-0.2, -0.15) is 0 Å². The van der Waals surface area contributed by atoms with Crippen LogP contribution in [-0.2, 0) is 11.2 Å². The van der Waals surface area contributed by atoms with Crippen molar-refractivity contribution >= 4 is 29.9 Å². The summed E-state index contributed by atoms with van der Waals surface area (Å²) < 4.78 is 11.5. The molecule has 27 heavy (non-hydrogen) atoms. The van der Waals surface area contributed by atoms with Gasteiger partial charge in [0.2, 0.25) is 0 Å². The predicted molar refractivity (Wildman–Crippen MR) is 121 cm³/mol. The summed E-state index contributed by atoms with van der Waals surface area (Å²) >= 11 is 0. The molecule has 2 atom stereocenters. The number of aliphatic imine (C=N–C) groups is 1. The van der Waals surface area contributed by atoms with Crippen LogP contribution in [0.25, 0.3) is 0 Å². The molecule has 3 rings (SSSR count). The smallest absolute Gasteiger partial charge is 0.191 e. The Balaban J connectivity index is 0.00000261. The summed E-state index contributed by atoms with van der Waals surface area (Å²) in [5, 5.41) is 6.79. The Hall–Kier alpha value is -1.06. The zero-order chi connectivity index (χ0) is 18.4. The highest BCUT2D eigenvalue weighted by Gasteiger charge is 2.32. The summed E-state index contributed by atoms with van der Waals surface area (Å²) in [5.41, 5.74) is 2.46. The number of methoxy groups -OCH3 is 1. The van der Waals surface area contributed by atoms with Crippen molar-refractivity contribution in [2.24, 2.45) is 4.99 Å². The third-order valence-electron chi connectivity index (χ3n) is 5.31. The monoisotopic (exact) mass is 488 g/mol. The maximum atomic E-state index is 6.00. The van der Waals surface area contributed by atoms with Crippen LogP contribution in [0.5, 0.6) is 5.75 Å². The van der Waals surface area contributed by atoms with E-state index in [1.807, 2.05) is 6.07 Å². The maximum absolute atomic E-state index is 6.00. The van der Waals surface area contributed by atoms with Crippen molar-refractivity contribution in [3.05, 3.63) is 29.3 Å². The number of hydrogen-bond donors (Lipinski definition) is 2. The molecule has 0 aliphatic carbocycles. The van der Waals surface area contributed by atoms with E-state index in [-0.39, 0.29) is 30.1 Å². The number of halogens is 1. The van der Waals surface area contributed by atoms with Crippen molar-refractivity contribution in [3.8, 4) is 5.75 Å². The average molecular weight is 488 g/mol. The van der Waals surface area contributed by atoms with Crippen LogP contribution < -0.4 is 15.4 Å². The fourth-order valence-corrected chi connectivity index (χ4v) is 3.86. The topological polar surface area (TPSA) is 58.1 Å². The normalized spacial score (nSPS) is 22.7. The first-order valence-electron chi connectivity index (χ1n) is 9.63. The van der Waals surface area contributed by atoms with E-state index in [1.165, 1.54) is 30.5 Å². The number of nitrogens with zero attached hydrogens (tertiary/aromatic N) is 2. The molecule has 0 bridgehead atoms. The second kappa shape index (κ2) is 11.1. The number of rotatable bonds is 6. The van der Waals surface area contributed by atoms with Crippen molar-refractivity contribution < 1.29 is 9.47 Å². The van der Waals surface area contributed by atoms with Crippen LogP contribution >= 0.6 is 24.0 Å². The molecule has 1 aromatic rings. The van der Waals surface area contributed by atoms with Gasteiger partial charge in [0.25, 0.3) is 0 Å². The van der Waals surface area contributed by atoms with Crippen LogP contribution in [0.1, 0.15) is 24.0 Å². The molecule has 2 unspecified atom stereocenters. The van der Waals surface area contributed by atoms with Crippen molar-refractivity contribution in [1.82, 2.24) is 15.5 Å². The third kappa shape index (κ3) is 6.22. The van der Waals surface area contributed by atoms with Gasteiger partial charge < -0.3 is 20.1 Å². The van der Waals surface area contributed by atoms with E-state index >= 15 is 0 Å². The highest BCUT2D eigenvalue weighted by Crippen LogP contribution is 2.22. The van der Waals surface area contributed by atoms with Gasteiger partial charge in [0.15, 0.2) is 5.96 Å².